The average Bonchev–Trinajstić information content (AvgIpc) is 1.27. The smallest absolute Gasteiger partial charge is 0.0877 e. The van der Waals surface area contributed by atoms with Crippen molar-refractivity contribution in [3.8, 4) is 0 Å². The lowest BCUT2D eigenvalue weighted by molar-refractivity contribution is 0.237. The third kappa shape index (κ3) is 5.50. The summed E-state index contributed by atoms with van der Waals surface area (Å²) >= 11 is 0. The summed E-state index contributed by atoms with van der Waals surface area (Å²) in [6.45, 7) is 3.10. The van der Waals surface area contributed by atoms with Crippen LogP contribution in [0.25, 0.3) is 0 Å². The Morgan fingerprint density at radius 1 is 1.71 bits per heavy atom. The molecule has 0 amide bonds. The Labute approximate surface area is 43.1 Å². The molecule has 0 aromatic carbocycles. The number of rotatable bonds is 1. The van der Waals surface area contributed by atoms with E-state index in [0.717, 1.165) is 0 Å². The van der Waals surface area contributed by atoms with Gasteiger partial charge in [-0.2, -0.15) is 0 Å². The standard InChI is InChI=1S/C5H10O2/c1-4(6)3-5(2)7/h3-4,6-7H,1-2H3/b5-3+. The summed E-state index contributed by atoms with van der Waals surface area (Å²) < 4.78 is 0. The predicted molar refractivity (Wildman–Crippen MR) is 28.1 cm³/mol. The first-order valence-electron chi connectivity index (χ1n) is 2.18. The van der Waals surface area contributed by atoms with Crippen LogP contribution in [0.4, 0.5) is 0 Å². The van der Waals surface area contributed by atoms with Crippen LogP contribution in [0.1, 0.15) is 13.8 Å². The summed E-state index contributed by atoms with van der Waals surface area (Å²) in [7, 11) is 0. The number of hydrogen-bond acceptors (Lipinski definition) is 2. The molecule has 0 aromatic heterocycles. The van der Waals surface area contributed by atoms with Crippen molar-refractivity contribution in [3.05, 3.63) is 11.8 Å². The lowest BCUT2D eigenvalue weighted by atomic mass is 10.3. The molecule has 2 nitrogen and oxygen atoms in total. The van der Waals surface area contributed by atoms with Crippen molar-refractivity contribution < 1.29 is 10.2 Å². The van der Waals surface area contributed by atoms with E-state index in [4.69, 9.17) is 10.2 Å². The molecule has 0 fully saturated rings. The van der Waals surface area contributed by atoms with E-state index >= 15 is 0 Å². The zero-order valence-corrected chi connectivity index (χ0v) is 4.55. The van der Waals surface area contributed by atoms with Crippen molar-refractivity contribution in [2.24, 2.45) is 0 Å². The van der Waals surface area contributed by atoms with Crippen molar-refractivity contribution in [1.82, 2.24) is 0 Å². The molecule has 0 bridgehead atoms. The van der Waals surface area contributed by atoms with Crippen molar-refractivity contribution in [3.63, 3.8) is 0 Å². The van der Waals surface area contributed by atoms with E-state index in [1.807, 2.05) is 0 Å². The predicted octanol–water partition coefficient (Wildman–Crippen LogP) is 0.829. The van der Waals surface area contributed by atoms with Crippen molar-refractivity contribution in [2.75, 3.05) is 0 Å². The van der Waals surface area contributed by atoms with E-state index in [1.165, 1.54) is 13.0 Å². The summed E-state index contributed by atoms with van der Waals surface area (Å²) in [5.74, 6) is 0.162. The number of aliphatic hydroxyl groups excluding tert-OH is 2. The van der Waals surface area contributed by atoms with Crippen LogP contribution < -0.4 is 0 Å². The largest absolute Gasteiger partial charge is 0.513 e. The fourth-order valence-electron chi connectivity index (χ4n) is 0.349. The molecule has 2 heteroatoms. The second-order valence-corrected chi connectivity index (χ2v) is 1.55. The molecule has 0 radical (unpaired) electrons. The van der Waals surface area contributed by atoms with Crippen LogP contribution in [0.2, 0.25) is 0 Å². The van der Waals surface area contributed by atoms with Gasteiger partial charge in [-0.05, 0) is 19.9 Å². The van der Waals surface area contributed by atoms with Crippen LogP contribution in [-0.2, 0) is 0 Å². The summed E-state index contributed by atoms with van der Waals surface area (Å²) in [5.41, 5.74) is 0. The molecule has 0 aliphatic carbocycles. The van der Waals surface area contributed by atoms with Gasteiger partial charge < -0.3 is 10.2 Å². The van der Waals surface area contributed by atoms with Crippen molar-refractivity contribution >= 4 is 0 Å². The molecule has 1 unspecified atom stereocenters. The Hall–Kier alpha value is -0.500. The number of hydrogen-bond donors (Lipinski definition) is 2. The van der Waals surface area contributed by atoms with Crippen LogP contribution in [0, 0.1) is 0 Å². The Kier molecular flexibility index (Phi) is 2.45. The van der Waals surface area contributed by atoms with E-state index < -0.39 is 6.10 Å². The molecule has 0 spiro atoms. The molecule has 0 rings (SSSR count). The summed E-state index contributed by atoms with van der Waals surface area (Å²) in [6, 6.07) is 0. The fourth-order valence-corrected chi connectivity index (χ4v) is 0.349. The maximum absolute atomic E-state index is 8.49. The van der Waals surface area contributed by atoms with E-state index in [1.54, 1.807) is 6.92 Å². The first-order chi connectivity index (χ1) is 3.13. The molecule has 0 saturated heterocycles. The second kappa shape index (κ2) is 2.64. The highest BCUT2D eigenvalue weighted by Crippen LogP contribution is 1.87. The Morgan fingerprint density at radius 2 is 2.14 bits per heavy atom. The maximum atomic E-state index is 8.49. The minimum atomic E-state index is -0.537. The highest BCUT2D eigenvalue weighted by molar-refractivity contribution is 4.89. The van der Waals surface area contributed by atoms with Crippen LogP contribution in [0.15, 0.2) is 11.8 Å². The lowest BCUT2D eigenvalue weighted by Crippen LogP contribution is -1.93. The summed E-state index contributed by atoms with van der Waals surface area (Å²) in [6.07, 6.45) is 0.824. The van der Waals surface area contributed by atoms with Gasteiger partial charge in [0.2, 0.25) is 0 Å². The van der Waals surface area contributed by atoms with E-state index in [0.29, 0.717) is 0 Å². The van der Waals surface area contributed by atoms with Gasteiger partial charge in [0.05, 0.1) is 11.9 Å². The normalized spacial score (nSPS) is 16.7. The van der Waals surface area contributed by atoms with E-state index in [9.17, 15) is 0 Å². The Morgan fingerprint density at radius 3 is 2.14 bits per heavy atom. The third-order valence-electron chi connectivity index (χ3n) is 0.482. The van der Waals surface area contributed by atoms with Crippen molar-refractivity contribution in [2.45, 2.75) is 20.0 Å². The highest BCUT2D eigenvalue weighted by Gasteiger charge is 1.85. The lowest BCUT2D eigenvalue weighted by Gasteiger charge is -1.91. The molecular formula is C5H10O2. The minimum absolute atomic E-state index is 0.162. The molecule has 2 N–H and O–H groups in total. The molecular weight excluding hydrogens is 92.1 g/mol. The molecule has 0 saturated carbocycles. The van der Waals surface area contributed by atoms with Crippen LogP contribution >= 0.6 is 0 Å². The zero-order valence-electron chi connectivity index (χ0n) is 4.55. The molecule has 0 aliphatic heterocycles. The molecule has 0 aliphatic rings. The van der Waals surface area contributed by atoms with Gasteiger partial charge in [-0.3, -0.25) is 0 Å². The number of aliphatic hydroxyl groups is 2. The monoisotopic (exact) mass is 102 g/mol. The first kappa shape index (κ1) is 6.50. The van der Waals surface area contributed by atoms with Gasteiger partial charge in [0.15, 0.2) is 0 Å². The third-order valence-corrected chi connectivity index (χ3v) is 0.482. The SMILES string of the molecule is C/C(O)=C\C(C)O. The average molecular weight is 102 g/mol. The van der Waals surface area contributed by atoms with Crippen LogP contribution in [0.3, 0.4) is 0 Å². The molecule has 42 valence electrons. The molecule has 0 aromatic rings. The van der Waals surface area contributed by atoms with Gasteiger partial charge in [-0.25, -0.2) is 0 Å². The zero-order chi connectivity index (χ0) is 5.86. The van der Waals surface area contributed by atoms with Gasteiger partial charge in [-0.1, -0.05) is 0 Å². The highest BCUT2D eigenvalue weighted by atomic mass is 16.3. The van der Waals surface area contributed by atoms with E-state index in [2.05, 4.69) is 0 Å². The second-order valence-electron chi connectivity index (χ2n) is 1.55. The quantitative estimate of drug-likeness (QED) is 0.481. The van der Waals surface area contributed by atoms with Gasteiger partial charge in [0.25, 0.3) is 0 Å². The van der Waals surface area contributed by atoms with Gasteiger partial charge in [0.1, 0.15) is 0 Å². The summed E-state index contributed by atoms with van der Waals surface area (Å²) in [5, 5.41) is 16.9. The first-order valence-corrected chi connectivity index (χ1v) is 2.18. The minimum Gasteiger partial charge on any atom is -0.513 e. The topological polar surface area (TPSA) is 40.5 Å². The maximum Gasteiger partial charge on any atom is 0.0877 e. The molecule has 7 heavy (non-hydrogen) atoms. The van der Waals surface area contributed by atoms with Gasteiger partial charge in [-0.15, -0.1) is 0 Å². The Balaban J connectivity index is 3.45. The van der Waals surface area contributed by atoms with Crippen LogP contribution in [-0.4, -0.2) is 16.3 Å². The summed E-state index contributed by atoms with van der Waals surface area (Å²) in [4.78, 5) is 0. The van der Waals surface area contributed by atoms with Gasteiger partial charge >= 0.3 is 0 Å². The van der Waals surface area contributed by atoms with Crippen LogP contribution in [0.5, 0.6) is 0 Å². The Bertz CT molecular complexity index is 70.1. The molecule has 0 heterocycles. The van der Waals surface area contributed by atoms with E-state index in [-0.39, 0.29) is 5.76 Å². The molecule has 1 atom stereocenters. The number of allylic oxidation sites excluding steroid dienone is 1. The van der Waals surface area contributed by atoms with Gasteiger partial charge in [0, 0.05) is 0 Å². The fraction of sp³-hybridized carbons (Fsp3) is 0.600. The van der Waals surface area contributed by atoms with Crippen molar-refractivity contribution in [1.29, 1.82) is 0 Å².